The minimum Gasteiger partial charge on any atom is -0.497 e. The maximum absolute atomic E-state index is 5.61. The van der Waals surface area contributed by atoms with Crippen molar-refractivity contribution in [3.05, 3.63) is 11.8 Å². The van der Waals surface area contributed by atoms with Gasteiger partial charge in [-0.2, -0.15) is 11.8 Å². The van der Waals surface area contributed by atoms with Gasteiger partial charge in [0.05, 0.1) is 12.6 Å². The van der Waals surface area contributed by atoms with Crippen molar-refractivity contribution >= 4 is 11.8 Å². The Balaban J connectivity index is 2.39. The summed E-state index contributed by atoms with van der Waals surface area (Å²) in [6.07, 6.45) is 4.56. The quantitative estimate of drug-likeness (QED) is 0.735. The smallest absolute Gasteiger partial charge is 0.110 e. The number of nitrogens with one attached hydrogen (secondary N) is 1. The average Bonchev–Trinajstić information content (AvgIpc) is 2.21. The van der Waals surface area contributed by atoms with Gasteiger partial charge in [-0.1, -0.05) is 6.92 Å². The van der Waals surface area contributed by atoms with Gasteiger partial charge in [0.2, 0.25) is 0 Å². The van der Waals surface area contributed by atoms with Gasteiger partial charge in [-0.05, 0) is 31.7 Å². The van der Waals surface area contributed by atoms with Gasteiger partial charge in [-0.15, -0.1) is 0 Å². The molecule has 13 heavy (non-hydrogen) atoms. The first-order valence-electron chi connectivity index (χ1n) is 4.96. The molecular formula is C10H19NOS. The van der Waals surface area contributed by atoms with E-state index in [1.165, 1.54) is 18.6 Å². The van der Waals surface area contributed by atoms with Crippen molar-refractivity contribution in [2.24, 2.45) is 0 Å². The highest BCUT2D eigenvalue weighted by Gasteiger charge is 2.15. The highest BCUT2D eigenvalue weighted by molar-refractivity contribution is 7.99. The van der Waals surface area contributed by atoms with Crippen molar-refractivity contribution in [2.45, 2.75) is 25.8 Å². The molecule has 0 spiro atoms. The van der Waals surface area contributed by atoms with E-state index in [0.29, 0.717) is 6.04 Å². The van der Waals surface area contributed by atoms with Crippen LogP contribution in [0.3, 0.4) is 0 Å². The fourth-order valence-electron chi connectivity index (χ4n) is 1.36. The molecule has 1 rings (SSSR count). The molecule has 0 amide bonds. The number of hydrogen-bond acceptors (Lipinski definition) is 3. The number of ether oxygens (including phenoxy) is 1. The molecular weight excluding hydrogens is 182 g/mol. The highest BCUT2D eigenvalue weighted by Crippen LogP contribution is 2.16. The number of rotatable bonds is 5. The number of thioether (sulfide) groups is 1. The third-order valence-corrected chi connectivity index (χ3v) is 3.12. The molecule has 76 valence electrons. The van der Waals surface area contributed by atoms with E-state index >= 15 is 0 Å². The van der Waals surface area contributed by atoms with Crippen LogP contribution in [0.2, 0.25) is 0 Å². The monoisotopic (exact) mass is 201 g/mol. The lowest BCUT2D eigenvalue weighted by atomic mass is 10.2. The zero-order chi connectivity index (χ0) is 9.52. The molecule has 0 aromatic carbocycles. The van der Waals surface area contributed by atoms with Gasteiger partial charge in [0.15, 0.2) is 0 Å². The summed E-state index contributed by atoms with van der Waals surface area (Å²) in [5, 5.41) is 3.29. The third kappa shape index (κ3) is 3.61. The summed E-state index contributed by atoms with van der Waals surface area (Å²) in [5.74, 6) is 3.43. The van der Waals surface area contributed by atoms with E-state index in [4.69, 9.17) is 4.74 Å². The molecule has 0 aromatic heterocycles. The van der Waals surface area contributed by atoms with Crippen LogP contribution < -0.4 is 5.32 Å². The van der Waals surface area contributed by atoms with Crippen molar-refractivity contribution < 1.29 is 4.74 Å². The van der Waals surface area contributed by atoms with Crippen LogP contribution in [-0.2, 0) is 4.74 Å². The van der Waals surface area contributed by atoms with Crippen molar-refractivity contribution in [3.8, 4) is 0 Å². The predicted octanol–water partition coefficient (Wildman–Crippen LogP) is 2.02. The van der Waals surface area contributed by atoms with Crippen molar-refractivity contribution in [1.82, 2.24) is 5.32 Å². The molecule has 0 aromatic rings. The Morgan fingerprint density at radius 3 is 3.08 bits per heavy atom. The summed E-state index contributed by atoms with van der Waals surface area (Å²) in [7, 11) is 2.00. The summed E-state index contributed by atoms with van der Waals surface area (Å²) >= 11 is 1.95. The molecule has 1 unspecified atom stereocenters. The van der Waals surface area contributed by atoms with Crippen LogP contribution in [0.1, 0.15) is 19.8 Å². The molecule has 1 N–H and O–H groups in total. The number of allylic oxidation sites excluding steroid dienone is 1. The van der Waals surface area contributed by atoms with Crippen molar-refractivity contribution in [1.29, 1.82) is 0 Å². The van der Waals surface area contributed by atoms with E-state index < -0.39 is 0 Å². The van der Waals surface area contributed by atoms with Gasteiger partial charge in [0, 0.05) is 5.75 Å². The Hall–Kier alpha value is -0.150. The SMILES string of the molecule is CCSCC(NC)C1=CCCCO1. The first-order chi connectivity index (χ1) is 6.38. The maximum Gasteiger partial charge on any atom is 0.110 e. The standard InChI is InChI=1S/C10H19NOS/c1-3-13-8-9(11-2)10-6-4-5-7-12-10/h6,9,11H,3-5,7-8H2,1-2H3. The summed E-state index contributed by atoms with van der Waals surface area (Å²) in [6.45, 7) is 3.08. The second kappa shape index (κ2) is 6.33. The lowest BCUT2D eigenvalue weighted by Gasteiger charge is -2.22. The van der Waals surface area contributed by atoms with Crippen molar-refractivity contribution in [3.63, 3.8) is 0 Å². The van der Waals surface area contributed by atoms with Crippen LogP contribution in [0, 0.1) is 0 Å². The number of likely N-dealkylation sites (N-methyl/N-ethyl adjacent to an activating group) is 1. The van der Waals surface area contributed by atoms with Gasteiger partial charge in [-0.3, -0.25) is 0 Å². The van der Waals surface area contributed by atoms with Gasteiger partial charge in [0.1, 0.15) is 5.76 Å². The van der Waals surface area contributed by atoms with Crippen LogP contribution in [-0.4, -0.2) is 31.2 Å². The van der Waals surface area contributed by atoms with Crippen molar-refractivity contribution in [2.75, 3.05) is 25.2 Å². The van der Waals surface area contributed by atoms with Gasteiger partial charge in [0.25, 0.3) is 0 Å². The average molecular weight is 201 g/mol. The molecule has 0 aliphatic carbocycles. The zero-order valence-corrected chi connectivity index (χ0v) is 9.32. The zero-order valence-electron chi connectivity index (χ0n) is 8.51. The molecule has 1 aliphatic heterocycles. The van der Waals surface area contributed by atoms with E-state index in [2.05, 4.69) is 18.3 Å². The fraction of sp³-hybridized carbons (Fsp3) is 0.800. The van der Waals surface area contributed by atoms with Gasteiger partial charge >= 0.3 is 0 Å². The summed E-state index contributed by atoms with van der Waals surface area (Å²) in [5.41, 5.74) is 0. The molecule has 0 fully saturated rings. The Morgan fingerprint density at radius 1 is 1.69 bits per heavy atom. The first kappa shape index (κ1) is 10.9. The molecule has 3 heteroatoms. The maximum atomic E-state index is 5.61. The Morgan fingerprint density at radius 2 is 2.54 bits per heavy atom. The summed E-state index contributed by atoms with van der Waals surface area (Å²) in [6, 6.07) is 0.408. The lowest BCUT2D eigenvalue weighted by molar-refractivity contribution is 0.173. The van der Waals surface area contributed by atoms with Crippen LogP contribution >= 0.6 is 11.8 Å². The lowest BCUT2D eigenvalue weighted by Crippen LogP contribution is -2.32. The third-order valence-electron chi connectivity index (χ3n) is 2.14. The van der Waals surface area contributed by atoms with E-state index in [9.17, 15) is 0 Å². The predicted molar refractivity (Wildman–Crippen MR) is 59.1 cm³/mol. The minimum absolute atomic E-state index is 0.408. The second-order valence-electron chi connectivity index (χ2n) is 3.10. The van der Waals surface area contributed by atoms with Gasteiger partial charge in [-0.25, -0.2) is 0 Å². The first-order valence-corrected chi connectivity index (χ1v) is 6.11. The Kier molecular flexibility index (Phi) is 5.32. The highest BCUT2D eigenvalue weighted by atomic mass is 32.2. The normalized spacial score (nSPS) is 19.1. The van der Waals surface area contributed by atoms with E-state index in [0.717, 1.165) is 18.1 Å². The molecule has 0 bridgehead atoms. The Bertz CT molecular complexity index is 170. The number of hydrogen-bond donors (Lipinski definition) is 1. The fourth-order valence-corrected chi connectivity index (χ4v) is 2.17. The topological polar surface area (TPSA) is 21.3 Å². The second-order valence-corrected chi connectivity index (χ2v) is 4.42. The summed E-state index contributed by atoms with van der Waals surface area (Å²) in [4.78, 5) is 0. The summed E-state index contributed by atoms with van der Waals surface area (Å²) < 4.78 is 5.61. The van der Waals surface area contributed by atoms with Crippen LogP contribution in [0.5, 0.6) is 0 Å². The van der Waals surface area contributed by atoms with Crippen LogP contribution in [0.15, 0.2) is 11.8 Å². The van der Waals surface area contributed by atoms with E-state index in [1.54, 1.807) is 0 Å². The molecule has 1 heterocycles. The molecule has 1 aliphatic rings. The van der Waals surface area contributed by atoms with E-state index in [-0.39, 0.29) is 0 Å². The molecule has 1 atom stereocenters. The van der Waals surface area contributed by atoms with E-state index in [1.807, 2.05) is 18.8 Å². The molecule has 0 saturated carbocycles. The Labute approximate surface area is 85.1 Å². The van der Waals surface area contributed by atoms with Crippen LogP contribution in [0.25, 0.3) is 0 Å². The molecule has 2 nitrogen and oxygen atoms in total. The molecule has 0 radical (unpaired) electrons. The van der Waals surface area contributed by atoms with Gasteiger partial charge < -0.3 is 10.1 Å². The van der Waals surface area contributed by atoms with Crippen LogP contribution in [0.4, 0.5) is 0 Å². The largest absolute Gasteiger partial charge is 0.497 e. The molecule has 0 saturated heterocycles. The minimum atomic E-state index is 0.408.